The number of aromatic nitrogens is 3. The van der Waals surface area contributed by atoms with Crippen LogP contribution in [0.2, 0.25) is 0 Å². The molecule has 2 rings (SSSR count). The lowest BCUT2D eigenvalue weighted by molar-refractivity contribution is 0.247. The molecule has 6 heteroatoms. The van der Waals surface area contributed by atoms with E-state index < -0.39 is 0 Å². The van der Waals surface area contributed by atoms with Crippen LogP contribution in [0.15, 0.2) is 27.3 Å². The van der Waals surface area contributed by atoms with Crippen LogP contribution in [-0.2, 0) is 6.42 Å². The van der Waals surface area contributed by atoms with Crippen molar-refractivity contribution in [2.75, 3.05) is 6.54 Å². The predicted octanol–water partition coefficient (Wildman–Crippen LogP) is 3.46. The topological polar surface area (TPSA) is 63.8 Å². The zero-order valence-corrected chi connectivity index (χ0v) is 14.4. The van der Waals surface area contributed by atoms with Crippen molar-refractivity contribution in [2.45, 2.75) is 40.2 Å². The lowest BCUT2D eigenvalue weighted by atomic mass is 9.84. The molecule has 114 valence electrons. The molecule has 2 aromatic heterocycles. The summed E-state index contributed by atoms with van der Waals surface area (Å²) in [5.41, 5.74) is 0.837. The second-order valence-corrected chi connectivity index (χ2v) is 6.97. The minimum Gasteiger partial charge on any atom is -0.339 e. The molecular formula is C15H21BrN4O. The lowest BCUT2D eigenvalue weighted by Crippen LogP contribution is -2.41. The van der Waals surface area contributed by atoms with Crippen LogP contribution < -0.4 is 5.32 Å². The van der Waals surface area contributed by atoms with Gasteiger partial charge in [0.25, 0.3) is 0 Å². The van der Waals surface area contributed by atoms with Gasteiger partial charge in [0.1, 0.15) is 5.69 Å². The highest BCUT2D eigenvalue weighted by Crippen LogP contribution is 2.23. The molecule has 2 aromatic rings. The number of hydrogen-bond acceptors (Lipinski definition) is 5. The van der Waals surface area contributed by atoms with Gasteiger partial charge in [-0.05, 0) is 40.0 Å². The minimum absolute atomic E-state index is 0.126. The summed E-state index contributed by atoms with van der Waals surface area (Å²) in [7, 11) is 0. The standard InChI is InChI=1S/C15H21BrN4O/c1-5-17-12(15(2,3)4)8-13-19-14(20-21-13)11-7-6-10(16)9-18-11/h6-7,9,12,17H,5,8H2,1-4H3. The van der Waals surface area contributed by atoms with E-state index in [4.69, 9.17) is 4.52 Å². The molecule has 0 saturated carbocycles. The van der Waals surface area contributed by atoms with Gasteiger partial charge in [-0.25, -0.2) is 0 Å². The Hall–Kier alpha value is -1.27. The van der Waals surface area contributed by atoms with Gasteiger partial charge in [-0.1, -0.05) is 32.9 Å². The highest BCUT2D eigenvalue weighted by molar-refractivity contribution is 9.10. The number of halogens is 1. The smallest absolute Gasteiger partial charge is 0.228 e. The second kappa shape index (κ2) is 6.66. The Labute approximate surface area is 133 Å². The van der Waals surface area contributed by atoms with E-state index in [0.29, 0.717) is 23.8 Å². The normalized spacial score (nSPS) is 13.4. The number of nitrogens with one attached hydrogen (secondary N) is 1. The second-order valence-electron chi connectivity index (χ2n) is 6.05. The van der Waals surface area contributed by atoms with Gasteiger partial charge < -0.3 is 9.84 Å². The molecule has 0 bridgehead atoms. The zero-order valence-electron chi connectivity index (χ0n) is 12.9. The summed E-state index contributed by atoms with van der Waals surface area (Å²) in [6.45, 7) is 9.62. The SMILES string of the molecule is CCNC(Cc1nc(-c2ccc(Br)cn2)no1)C(C)(C)C. The van der Waals surface area contributed by atoms with Gasteiger partial charge in [0.05, 0.1) is 0 Å². The van der Waals surface area contributed by atoms with Crippen molar-refractivity contribution in [2.24, 2.45) is 5.41 Å². The van der Waals surface area contributed by atoms with Crippen LogP contribution in [0.1, 0.15) is 33.6 Å². The highest BCUT2D eigenvalue weighted by atomic mass is 79.9. The van der Waals surface area contributed by atoms with Crippen molar-refractivity contribution in [1.29, 1.82) is 0 Å². The summed E-state index contributed by atoms with van der Waals surface area (Å²) < 4.78 is 6.29. The molecule has 1 atom stereocenters. The maximum Gasteiger partial charge on any atom is 0.228 e. The molecule has 0 fully saturated rings. The summed E-state index contributed by atoms with van der Waals surface area (Å²) in [5.74, 6) is 1.16. The van der Waals surface area contributed by atoms with E-state index >= 15 is 0 Å². The Morgan fingerprint density at radius 2 is 2.10 bits per heavy atom. The summed E-state index contributed by atoms with van der Waals surface area (Å²) in [5, 5.41) is 7.50. The molecule has 0 amide bonds. The molecule has 2 heterocycles. The summed E-state index contributed by atoms with van der Waals surface area (Å²) in [6, 6.07) is 4.06. The Balaban J connectivity index is 2.14. The van der Waals surface area contributed by atoms with E-state index in [1.165, 1.54) is 0 Å². The van der Waals surface area contributed by atoms with Gasteiger partial charge in [-0.15, -0.1) is 0 Å². The molecule has 5 nitrogen and oxygen atoms in total. The number of likely N-dealkylation sites (N-methyl/N-ethyl adjacent to an activating group) is 1. The van der Waals surface area contributed by atoms with Crippen molar-refractivity contribution in [3.63, 3.8) is 0 Å². The van der Waals surface area contributed by atoms with Gasteiger partial charge >= 0.3 is 0 Å². The van der Waals surface area contributed by atoms with E-state index in [0.717, 1.165) is 11.0 Å². The fraction of sp³-hybridized carbons (Fsp3) is 0.533. The maximum absolute atomic E-state index is 5.37. The van der Waals surface area contributed by atoms with Gasteiger partial charge in [0.15, 0.2) is 0 Å². The third-order valence-electron chi connectivity index (χ3n) is 3.30. The van der Waals surface area contributed by atoms with Crippen molar-refractivity contribution >= 4 is 15.9 Å². The van der Waals surface area contributed by atoms with Crippen LogP contribution in [-0.4, -0.2) is 27.7 Å². The van der Waals surface area contributed by atoms with E-state index in [1.807, 2.05) is 12.1 Å². The quantitative estimate of drug-likeness (QED) is 0.892. The van der Waals surface area contributed by atoms with Crippen LogP contribution >= 0.6 is 15.9 Å². The monoisotopic (exact) mass is 352 g/mol. The first-order valence-electron chi connectivity index (χ1n) is 7.08. The number of hydrogen-bond donors (Lipinski definition) is 1. The van der Waals surface area contributed by atoms with Crippen molar-refractivity contribution in [1.82, 2.24) is 20.4 Å². The Morgan fingerprint density at radius 1 is 1.33 bits per heavy atom. The van der Waals surface area contributed by atoms with Gasteiger partial charge in [-0.3, -0.25) is 4.98 Å². The number of nitrogens with zero attached hydrogens (tertiary/aromatic N) is 3. The number of rotatable bonds is 5. The fourth-order valence-electron chi connectivity index (χ4n) is 2.06. The van der Waals surface area contributed by atoms with Crippen molar-refractivity contribution in [3.8, 4) is 11.5 Å². The average Bonchev–Trinajstić information content (AvgIpc) is 2.87. The van der Waals surface area contributed by atoms with Crippen LogP contribution in [0.5, 0.6) is 0 Å². The maximum atomic E-state index is 5.37. The van der Waals surface area contributed by atoms with Gasteiger partial charge in [0, 0.05) is 23.1 Å². The first-order chi connectivity index (χ1) is 9.90. The summed E-state index contributed by atoms with van der Waals surface area (Å²) in [4.78, 5) is 8.73. The molecule has 0 radical (unpaired) electrons. The van der Waals surface area contributed by atoms with E-state index in [9.17, 15) is 0 Å². The molecule has 21 heavy (non-hydrogen) atoms. The molecule has 0 aliphatic rings. The Kier molecular flexibility index (Phi) is 5.11. The number of pyridine rings is 1. The Bertz CT molecular complexity index is 574. The zero-order chi connectivity index (χ0) is 15.5. The van der Waals surface area contributed by atoms with E-state index in [-0.39, 0.29) is 11.5 Å². The van der Waals surface area contributed by atoms with Crippen LogP contribution in [0.25, 0.3) is 11.5 Å². The van der Waals surface area contributed by atoms with Crippen LogP contribution in [0.4, 0.5) is 0 Å². The summed E-state index contributed by atoms with van der Waals surface area (Å²) in [6.07, 6.45) is 2.43. The highest BCUT2D eigenvalue weighted by Gasteiger charge is 2.26. The first-order valence-corrected chi connectivity index (χ1v) is 7.87. The van der Waals surface area contributed by atoms with Crippen molar-refractivity contribution in [3.05, 3.63) is 28.7 Å². The molecule has 0 aliphatic carbocycles. The molecule has 0 aliphatic heterocycles. The van der Waals surface area contributed by atoms with Crippen molar-refractivity contribution < 1.29 is 4.52 Å². The third-order valence-corrected chi connectivity index (χ3v) is 3.77. The largest absolute Gasteiger partial charge is 0.339 e. The summed E-state index contributed by atoms with van der Waals surface area (Å²) >= 11 is 3.36. The van der Waals surface area contributed by atoms with Crippen LogP contribution in [0, 0.1) is 5.41 Å². The third kappa shape index (κ3) is 4.35. The fourth-order valence-corrected chi connectivity index (χ4v) is 2.29. The van der Waals surface area contributed by atoms with E-state index in [2.05, 4.69) is 64.1 Å². The predicted molar refractivity (Wildman–Crippen MR) is 85.9 cm³/mol. The minimum atomic E-state index is 0.126. The molecule has 1 unspecified atom stereocenters. The molecule has 1 N–H and O–H groups in total. The molecule has 0 aromatic carbocycles. The Morgan fingerprint density at radius 3 is 2.67 bits per heavy atom. The first kappa shape index (κ1) is 16.1. The van der Waals surface area contributed by atoms with E-state index in [1.54, 1.807) is 6.20 Å². The average molecular weight is 353 g/mol. The molecular weight excluding hydrogens is 332 g/mol. The lowest BCUT2D eigenvalue weighted by Gasteiger charge is -2.30. The van der Waals surface area contributed by atoms with Gasteiger partial charge in [-0.2, -0.15) is 4.98 Å². The molecule has 0 spiro atoms. The van der Waals surface area contributed by atoms with Crippen LogP contribution in [0.3, 0.4) is 0 Å². The molecule has 0 saturated heterocycles. The van der Waals surface area contributed by atoms with Gasteiger partial charge in [0.2, 0.25) is 11.7 Å².